The van der Waals surface area contributed by atoms with Crippen LogP contribution in [-0.4, -0.2) is 44.5 Å². The number of rotatable bonds is 8. The quantitative estimate of drug-likeness (QED) is 0.299. The third kappa shape index (κ3) is 6.78. The lowest BCUT2D eigenvalue weighted by Crippen LogP contribution is -3.21. The molecule has 5 atom stereocenters. The molecule has 1 fully saturated rings. The summed E-state index contributed by atoms with van der Waals surface area (Å²) in [7, 11) is -3.57. The number of primary amides is 1. The molecule has 0 aromatic heterocycles. The Kier molecular flexibility index (Phi) is 9.24. The molecule has 3 aromatic rings. The number of hydrogen-bond acceptors (Lipinski definition) is 5. The van der Waals surface area contributed by atoms with Crippen LogP contribution in [0.2, 0.25) is 10.0 Å². The van der Waals surface area contributed by atoms with Crippen molar-refractivity contribution in [3.8, 4) is 0 Å². The summed E-state index contributed by atoms with van der Waals surface area (Å²) in [4.78, 5) is 40.5. The molecule has 1 saturated carbocycles. The van der Waals surface area contributed by atoms with Crippen LogP contribution in [-0.2, 0) is 21.4 Å². The molecule has 1 heterocycles. The summed E-state index contributed by atoms with van der Waals surface area (Å²) in [5.74, 6) is -1.93. The molecule has 12 heteroatoms. The lowest BCUT2D eigenvalue weighted by atomic mass is 9.76. The van der Waals surface area contributed by atoms with Gasteiger partial charge in [0.1, 0.15) is 18.0 Å². The molecule has 1 aliphatic carbocycles. The highest BCUT2D eigenvalue weighted by molar-refractivity contribution is 7.88. The standard InChI is InChI=1S/C31H32Cl2N4O5S/c1-43(41,42)36-25-8-4-5-9-26(25)37-28(23-15-14-20(32)16-24(23)33)27(21-6-2-3-7-22(21)31(37)40)30(39)35-17-18-10-12-19(13-11-18)29(34)38/h2-3,6-7,10-16,25-28,36H,4-5,8-9,17H2,1H3,(H2,34,38)(H,35,39)/p+1/t25-,26?,27+,28-/m0/s1. The highest BCUT2D eigenvalue weighted by Crippen LogP contribution is 2.39. The van der Waals surface area contributed by atoms with E-state index in [1.807, 2.05) is 0 Å². The van der Waals surface area contributed by atoms with E-state index in [4.69, 9.17) is 28.9 Å². The minimum Gasteiger partial charge on any atom is -0.366 e. The van der Waals surface area contributed by atoms with Gasteiger partial charge in [0.25, 0.3) is 0 Å². The number of sulfonamides is 1. The third-order valence-electron chi connectivity index (χ3n) is 8.29. The number of nitrogens with one attached hydrogen (secondary N) is 3. The fourth-order valence-corrected chi connectivity index (χ4v) is 7.79. The molecule has 5 N–H and O–H groups in total. The first-order valence-electron chi connectivity index (χ1n) is 14.0. The minimum atomic E-state index is -3.57. The Morgan fingerprint density at radius 3 is 2.35 bits per heavy atom. The average molecular weight is 645 g/mol. The van der Waals surface area contributed by atoms with Crippen LogP contribution in [0.25, 0.3) is 0 Å². The molecule has 2 unspecified atom stereocenters. The largest absolute Gasteiger partial charge is 0.366 e. The van der Waals surface area contributed by atoms with E-state index in [0.717, 1.165) is 24.7 Å². The zero-order valence-electron chi connectivity index (χ0n) is 23.5. The zero-order chi connectivity index (χ0) is 30.9. The van der Waals surface area contributed by atoms with Crippen molar-refractivity contribution in [2.45, 2.75) is 56.3 Å². The molecule has 3 aromatic carbocycles. The van der Waals surface area contributed by atoms with E-state index in [0.29, 0.717) is 50.0 Å². The number of hydrogen-bond donors (Lipinski definition) is 4. The van der Waals surface area contributed by atoms with E-state index in [9.17, 15) is 22.8 Å². The maximum absolute atomic E-state index is 14.4. The van der Waals surface area contributed by atoms with Crippen molar-refractivity contribution in [2.75, 3.05) is 6.26 Å². The average Bonchev–Trinajstić information content (AvgIpc) is 2.96. The number of amides is 3. The van der Waals surface area contributed by atoms with Crippen LogP contribution >= 0.6 is 23.2 Å². The van der Waals surface area contributed by atoms with Gasteiger partial charge in [-0.3, -0.25) is 14.5 Å². The van der Waals surface area contributed by atoms with Crippen LogP contribution in [0.15, 0.2) is 66.7 Å². The van der Waals surface area contributed by atoms with Gasteiger partial charge in [-0.05, 0) is 54.3 Å². The summed E-state index contributed by atoms with van der Waals surface area (Å²) in [5, 5.41) is 3.74. The molecule has 0 saturated heterocycles. The van der Waals surface area contributed by atoms with Gasteiger partial charge >= 0.3 is 5.91 Å². The second kappa shape index (κ2) is 12.8. The smallest absolute Gasteiger partial charge is 0.345 e. The topological polar surface area (TPSA) is 140 Å². The van der Waals surface area contributed by atoms with E-state index in [2.05, 4.69) is 10.0 Å². The van der Waals surface area contributed by atoms with Gasteiger partial charge in [0.2, 0.25) is 21.8 Å². The molecule has 0 spiro atoms. The van der Waals surface area contributed by atoms with Crippen molar-refractivity contribution >= 4 is 50.9 Å². The predicted octanol–water partition coefficient (Wildman–Crippen LogP) is 3.13. The van der Waals surface area contributed by atoms with E-state index < -0.39 is 40.0 Å². The fourth-order valence-electron chi connectivity index (χ4n) is 6.43. The Balaban J connectivity index is 1.61. The number of quaternary nitrogens is 1. The highest BCUT2D eigenvalue weighted by Gasteiger charge is 2.53. The van der Waals surface area contributed by atoms with Crippen molar-refractivity contribution in [2.24, 2.45) is 5.73 Å². The molecule has 43 heavy (non-hydrogen) atoms. The molecule has 0 radical (unpaired) electrons. The lowest BCUT2D eigenvalue weighted by molar-refractivity contribution is -0.881. The van der Waals surface area contributed by atoms with Crippen LogP contribution in [0.4, 0.5) is 0 Å². The van der Waals surface area contributed by atoms with E-state index in [-0.39, 0.29) is 18.4 Å². The van der Waals surface area contributed by atoms with Gasteiger partial charge < -0.3 is 11.1 Å². The van der Waals surface area contributed by atoms with Gasteiger partial charge in [0.05, 0.1) is 22.9 Å². The number of halogens is 2. The Bertz CT molecular complexity index is 1660. The maximum atomic E-state index is 14.4. The molecule has 0 bridgehead atoms. The molecule has 1 aliphatic heterocycles. The molecular formula is C31H33Cl2N4O5S+. The molecule has 226 valence electrons. The van der Waals surface area contributed by atoms with Gasteiger partial charge in [-0.25, -0.2) is 17.9 Å². The van der Waals surface area contributed by atoms with Crippen LogP contribution in [0.1, 0.15) is 75.0 Å². The Morgan fingerprint density at radius 2 is 1.67 bits per heavy atom. The number of fused-ring (bicyclic) bond motifs is 1. The number of nitrogens with two attached hydrogens (primary N) is 1. The molecule has 9 nitrogen and oxygen atoms in total. The summed E-state index contributed by atoms with van der Waals surface area (Å²) in [6.45, 7) is 0.169. The Hall–Kier alpha value is -3.28. The monoisotopic (exact) mass is 643 g/mol. The number of carbonyl (C=O) groups is 3. The second-order valence-electron chi connectivity index (χ2n) is 11.2. The van der Waals surface area contributed by atoms with Crippen LogP contribution in [0.3, 0.4) is 0 Å². The van der Waals surface area contributed by atoms with Crippen molar-refractivity contribution in [1.29, 1.82) is 0 Å². The molecular weight excluding hydrogens is 611 g/mol. The van der Waals surface area contributed by atoms with Gasteiger partial charge in [-0.2, -0.15) is 0 Å². The van der Waals surface area contributed by atoms with Crippen molar-refractivity contribution in [1.82, 2.24) is 10.0 Å². The predicted molar refractivity (Wildman–Crippen MR) is 165 cm³/mol. The van der Waals surface area contributed by atoms with Crippen molar-refractivity contribution in [3.63, 3.8) is 0 Å². The summed E-state index contributed by atoms with van der Waals surface area (Å²) >= 11 is 13.0. The third-order valence-corrected chi connectivity index (χ3v) is 9.58. The van der Waals surface area contributed by atoms with Crippen LogP contribution in [0, 0.1) is 0 Å². The van der Waals surface area contributed by atoms with Gasteiger partial charge in [0.15, 0.2) is 0 Å². The highest BCUT2D eigenvalue weighted by atomic mass is 35.5. The van der Waals surface area contributed by atoms with E-state index >= 15 is 0 Å². The first-order valence-corrected chi connectivity index (χ1v) is 16.7. The second-order valence-corrected chi connectivity index (χ2v) is 13.8. The first kappa shape index (κ1) is 31.2. The van der Waals surface area contributed by atoms with Crippen LogP contribution < -0.4 is 20.7 Å². The summed E-state index contributed by atoms with van der Waals surface area (Å²) in [5.41, 5.74) is 8.02. The summed E-state index contributed by atoms with van der Waals surface area (Å²) in [6.07, 6.45) is 3.88. The molecule has 5 rings (SSSR count). The zero-order valence-corrected chi connectivity index (χ0v) is 25.8. The van der Waals surface area contributed by atoms with Gasteiger partial charge in [0, 0.05) is 29.1 Å². The lowest BCUT2D eigenvalue weighted by Gasteiger charge is -2.44. The van der Waals surface area contributed by atoms with Crippen molar-refractivity contribution in [3.05, 3.63) is 105 Å². The van der Waals surface area contributed by atoms with Crippen LogP contribution in [0.5, 0.6) is 0 Å². The van der Waals surface area contributed by atoms with Crippen molar-refractivity contribution < 1.29 is 27.7 Å². The summed E-state index contributed by atoms with van der Waals surface area (Å²) in [6, 6.07) is 16.9. The molecule has 2 aliphatic rings. The summed E-state index contributed by atoms with van der Waals surface area (Å²) < 4.78 is 27.5. The fraction of sp³-hybridized carbons (Fsp3) is 0.323. The molecule has 3 amide bonds. The maximum Gasteiger partial charge on any atom is 0.345 e. The Labute approximate surface area is 260 Å². The van der Waals surface area contributed by atoms with Gasteiger partial charge in [-0.15, -0.1) is 0 Å². The normalized spacial score (nSPS) is 23.8. The minimum absolute atomic E-state index is 0.169. The Morgan fingerprint density at radius 1 is 0.977 bits per heavy atom. The first-order chi connectivity index (χ1) is 20.4. The number of carbonyl (C=O) groups excluding carboxylic acids is 3. The van der Waals surface area contributed by atoms with Gasteiger partial charge in [-0.1, -0.05) is 66.0 Å². The SMILES string of the molecule is CS(=O)(=O)N[C@H]1CCCCC1[NH+]1C(=O)c2ccccc2[C@@H](C(=O)NCc2ccc(C(N)=O)cc2)[C@@H]1c1ccc(Cl)cc1Cl. The number of benzene rings is 3. The van der Waals surface area contributed by atoms with E-state index in [1.165, 1.54) is 0 Å². The van der Waals surface area contributed by atoms with E-state index in [1.54, 1.807) is 66.7 Å².